The molecule has 0 unspecified atom stereocenters. The summed E-state index contributed by atoms with van der Waals surface area (Å²) in [6, 6.07) is 9.35. The van der Waals surface area contributed by atoms with E-state index < -0.39 is 27.7 Å². The van der Waals surface area contributed by atoms with Crippen LogP contribution in [-0.4, -0.2) is 48.1 Å². The SMILES string of the molecule is COC(=O)c1ccccc1S(=O)(=O)Nc1noc2cc(Cn3cc(CNC(=O)OC(C)(C)C)cn3)cc(C)c12. The molecule has 2 aromatic carbocycles. The van der Waals surface area contributed by atoms with Crippen molar-refractivity contribution in [2.24, 2.45) is 0 Å². The molecule has 206 valence electrons. The number of nitrogens with zero attached hydrogens (tertiary/aromatic N) is 3. The smallest absolute Gasteiger partial charge is 0.407 e. The van der Waals surface area contributed by atoms with Gasteiger partial charge >= 0.3 is 12.1 Å². The molecular weight excluding hydrogens is 526 g/mol. The van der Waals surface area contributed by atoms with Gasteiger partial charge in [0, 0.05) is 18.3 Å². The first-order chi connectivity index (χ1) is 18.4. The molecule has 2 N–H and O–H groups in total. The number of amides is 1. The number of rotatable bonds is 8. The summed E-state index contributed by atoms with van der Waals surface area (Å²) < 4.78 is 45.8. The van der Waals surface area contributed by atoms with Gasteiger partial charge in [0.25, 0.3) is 10.0 Å². The van der Waals surface area contributed by atoms with E-state index in [0.29, 0.717) is 17.5 Å². The summed E-state index contributed by atoms with van der Waals surface area (Å²) in [4.78, 5) is 23.7. The molecule has 12 nitrogen and oxygen atoms in total. The fourth-order valence-corrected chi connectivity index (χ4v) is 5.13. The Morgan fingerprint density at radius 2 is 1.87 bits per heavy atom. The minimum Gasteiger partial charge on any atom is -0.465 e. The summed E-state index contributed by atoms with van der Waals surface area (Å²) in [6.45, 7) is 7.85. The van der Waals surface area contributed by atoms with Crippen molar-refractivity contribution in [3.8, 4) is 0 Å². The first-order valence-electron chi connectivity index (χ1n) is 11.9. The molecule has 0 aliphatic heterocycles. The number of carbonyl (C=O) groups excluding carboxylic acids is 2. The maximum absolute atomic E-state index is 13.1. The topological polar surface area (TPSA) is 155 Å². The highest BCUT2D eigenvalue weighted by atomic mass is 32.2. The summed E-state index contributed by atoms with van der Waals surface area (Å²) in [5.74, 6) is -0.771. The first-order valence-corrected chi connectivity index (χ1v) is 13.4. The van der Waals surface area contributed by atoms with Crippen LogP contribution in [0.4, 0.5) is 10.6 Å². The molecule has 0 atom stereocenters. The highest BCUT2D eigenvalue weighted by molar-refractivity contribution is 7.92. The van der Waals surface area contributed by atoms with Gasteiger partial charge in [-0.2, -0.15) is 5.10 Å². The van der Waals surface area contributed by atoms with E-state index in [1.54, 1.807) is 50.0 Å². The number of esters is 1. The number of anilines is 1. The average molecular weight is 556 g/mol. The molecule has 4 rings (SSSR count). The minimum atomic E-state index is -4.18. The number of carbonyl (C=O) groups is 2. The lowest BCUT2D eigenvalue weighted by Gasteiger charge is -2.19. The second-order valence-corrected chi connectivity index (χ2v) is 11.5. The van der Waals surface area contributed by atoms with Crippen molar-refractivity contribution in [1.29, 1.82) is 0 Å². The Kier molecular flexibility index (Phi) is 7.63. The van der Waals surface area contributed by atoms with E-state index in [-0.39, 0.29) is 22.8 Å². The van der Waals surface area contributed by atoms with Gasteiger partial charge in [-0.25, -0.2) is 18.0 Å². The number of alkyl carbamates (subject to hydrolysis) is 1. The monoisotopic (exact) mass is 555 g/mol. The zero-order valence-electron chi connectivity index (χ0n) is 22.1. The number of ether oxygens (including phenoxy) is 2. The molecule has 0 radical (unpaired) electrons. The van der Waals surface area contributed by atoms with Crippen LogP contribution in [0, 0.1) is 6.92 Å². The van der Waals surface area contributed by atoms with Gasteiger partial charge in [-0.1, -0.05) is 23.4 Å². The van der Waals surface area contributed by atoms with Crippen molar-refractivity contribution < 1.29 is 32.0 Å². The molecule has 0 fully saturated rings. The number of benzene rings is 2. The maximum Gasteiger partial charge on any atom is 0.407 e. The van der Waals surface area contributed by atoms with E-state index in [0.717, 1.165) is 16.7 Å². The van der Waals surface area contributed by atoms with E-state index in [1.165, 1.54) is 25.3 Å². The molecule has 4 aromatic rings. The molecule has 0 bridgehead atoms. The van der Waals surface area contributed by atoms with Gasteiger partial charge in [-0.15, -0.1) is 0 Å². The van der Waals surface area contributed by atoms with E-state index in [2.05, 4.69) is 20.3 Å². The molecule has 0 saturated heterocycles. The number of hydrogen-bond donors (Lipinski definition) is 2. The van der Waals surface area contributed by atoms with Gasteiger partial charge in [0.1, 0.15) is 10.5 Å². The molecule has 2 aromatic heterocycles. The molecule has 0 spiro atoms. The van der Waals surface area contributed by atoms with Gasteiger partial charge in [0.2, 0.25) is 0 Å². The quantitative estimate of drug-likeness (QED) is 0.307. The maximum atomic E-state index is 13.1. The van der Waals surface area contributed by atoms with Crippen LogP contribution in [0.25, 0.3) is 11.0 Å². The molecule has 0 aliphatic rings. The predicted octanol–water partition coefficient (Wildman–Crippen LogP) is 3.99. The number of sulfonamides is 1. The summed E-state index contributed by atoms with van der Waals surface area (Å²) in [6.07, 6.45) is 2.94. The lowest BCUT2D eigenvalue weighted by atomic mass is 10.1. The number of hydrogen-bond acceptors (Lipinski definition) is 9. The van der Waals surface area contributed by atoms with Crippen molar-refractivity contribution in [3.05, 3.63) is 71.0 Å². The van der Waals surface area contributed by atoms with Crippen LogP contribution in [-0.2, 0) is 32.6 Å². The van der Waals surface area contributed by atoms with Crippen LogP contribution in [0.15, 0.2) is 58.2 Å². The Bertz CT molecular complexity index is 1630. The van der Waals surface area contributed by atoms with Gasteiger partial charge in [-0.3, -0.25) is 9.40 Å². The molecule has 2 heterocycles. The number of nitrogens with one attached hydrogen (secondary N) is 2. The molecule has 1 amide bonds. The predicted molar refractivity (Wildman–Crippen MR) is 142 cm³/mol. The molecule has 13 heteroatoms. The van der Waals surface area contributed by atoms with E-state index >= 15 is 0 Å². The molecule has 39 heavy (non-hydrogen) atoms. The largest absolute Gasteiger partial charge is 0.465 e. The fraction of sp³-hybridized carbons (Fsp3) is 0.308. The van der Waals surface area contributed by atoms with Crippen LogP contribution < -0.4 is 10.0 Å². The second kappa shape index (κ2) is 10.8. The summed E-state index contributed by atoms with van der Waals surface area (Å²) >= 11 is 0. The first kappa shape index (κ1) is 27.6. The van der Waals surface area contributed by atoms with Gasteiger partial charge in [0.05, 0.1) is 30.8 Å². The lowest BCUT2D eigenvalue weighted by Crippen LogP contribution is -2.32. The number of fused-ring (bicyclic) bond motifs is 1. The van der Waals surface area contributed by atoms with Crippen molar-refractivity contribution in [1.82, 2.24) is 20.3 Å². The van der Waals surface area contributed by atoms with Crippen LogP contribution >= 0.6 is 0 Å². The minimum absolute atomic E-state index is 0.00307. The number of methoxy groups -OCH3 is 1. The molecule has 0 aliphatic carbocycles. The van der Waals surface area contributed by atoms with Crippen LogP contribution in [0.3, 0.4) is 0 Å². The Balaban J connectivity index is 1.50. The van der Waals surface area contributed by atoms with Gasteiger partial charge in [0.15, 0.2) is 11.4 Å². The lowest BCUT2D eigenvalue weighted by molar-refractivity contribution is 0.0522. The van der Waals surface area contributed by atoms with Crippen LogP contribution in [0.2, 0.25) is 0 Å². The zero-order valence-corrected chi connectivity index (χ0v) is 23.0. The van der Waals surface area contributed by atoms with Crippen molar-refractivity contribution in [2.75, 3.05) is 11.8 Å². The normalized spacial score (nSPS) is 11.8. The highest BCUT2D eigenvalue weighted by Gasteiger charge is 2.25. The summed E-state index contributed by atoms with van der Waals surface area (Å²) in [5, 5.41) is 11.4. The summed E-state index contributed by atoms with van der Waals surface area (Å²) in [7, 11) is -3.00. The Morgan fingerprint density at radius 1 is 1.13 bits per heavy atom. The van der Waals surface area contributed by atoms with E-state index in [1.807, 2.05) is 13.0 Å². The van der Waals surface area contributed by atoms with Gasteiger partial charge < -0.3 is 19.3 Å². The van der Waals surface area contributed by atoms with Crippen molar-refractivity contribution in [3.63, 3.8) is 0 Å². The van der Waals surface area contributed by atoms with E-state index in [4.69, 9.17) is 14.0 Å². The Morgan fingerprint density at radius 3 is 2.59 bits per heavy atom. The molecular formula is C26H29N5O7S. The number of aryl methyl sites for hydroxylation is 1. The highest BCUT2D eigenvalue weighted by Crippen LogP contribution is 2.30. The summed E-state index contributed by atoms with van der Waals surface area (Å²) in [5.41, 5.74) is 2.06. The number of aromatic nitrogens is 3. The van der Waals surface area contributed by atoms with Crippen molar-refractivity contribution in [2.45, 2.75) is 51.3 Å². The standard InChI is InChI=1S/C26H29N5O7S/c1-16-10-17(14-31-15-18(13-28-31)12-27-25(33)37-26(2,3)4)11-20-22(16)23(29-38-20)30-39(34,35)21-9-7-6-8-19(21)24(32)36-5/h6-11,13,15H,12,14H2,1-5H3,(H,27,33)(H,29,30). The Labute approximate surface area is 225 Å². The fourth-order valence-electron chi connectivity index (χ4n) is 3.93. The van der Waals surface area contributed by atoms with Gasteiger partial charge in [-0.05, 0) is 57.0 Å². The Hall–Kier alpha value is -4.39. The van der Waals surface area contributed by atoms with Crippen molar-refractivity contribution >= 4 is 38.9 Å². The second-order valence-electron chi connectivity index (χ2n) is 9.81. The third-order valence-corrected chi connectivity index (χ3v) is 6.91. The average Bonchev–Trinajstić information content (AvgIpc) is 3.48. The third-order valence-electron chi connectivity index (χ3n) is 5.51. The molecule has 0 saturated carbocycles. The van der Waals surface area contributed by atoms with Crippen LogP contribution in [0.5, 0.6) is 0 Å². The zero-order chi connectivity index (χ0) is 28.4. The van der Waals surface area contributed by atoms with Crippen LogP contribution in [0.1, 0.15) is 47.8 Å². The van der Waals surface area contributed by atoms with E-state index in [9.17, 15) is 18.0 Å². The third kappa shape index (κ3) is 6.55.